The van der Waals surface area contributed by atoms with Crippen LogP contribution in [0.25, 0.3) is 0 Å². The summed E-state index contributed by atoms with van der Waals surface area (Å²) in [6, 6.07) is 18.1. The Bertz CT molecular complexity index is 1070. The number of pyridine rings is 1. The molecule has 0 aliphatic carbocycles. The van der Waals surface area contributed by atoms with Gasteiger partial charge >= 0.3 is 6.03 Å². The largest absolute Gasteiger partial charge is 0.334 e. The molecule has 7 nitrogen and oxygen atoms in total. The molecule has 0 spiro atoms. The summed E-state index contributed by atoms with van der Waals surface area (Å²) in [6.45, 7) is 4.02. The molecule has 0 atom stereocenters. The van der Waals surface area contributed by atoms with Crippen molar-refractivity contribution in [2.45, 2.75) is 31.3 Å². The average molecular weight is 425 g/mol. The Morgan fingerprint density at radius 2 is 1.60 bits per heavy atom. The molecule has 156 valence electrons. The second-order valence-electron chi connectivity index (χ2n) is 6.92. The molecule has 3 rings (SSSR count). The minimum absolute atomic E-state index is 0.233. The fourth-order valence-electron chi connectivity index (χ4n) is 2.97. The van der Waals surface area contributed by atoms with Crippen molar-refractivity contribution in [1.82, 2.24) is 10.3 Å². The van der Waals surface area contributed by atoms with E-state index >= 15 is 0 Å². The van der Waals surface area contributed by atoms with Crippen molar-refractivity contribution in [3.05, 3.63) is 84.7 Å². The number of hydrogen-bond acceptors (Lipinski definition) is 4. The van der Waals surface area contributed by atoms with Crippen molar-refractivity contribution in [2.75, 3.05) is 9.62 Å². The Hall–Kier alpha value is -3.39. The highest BCUT2D eigenvalue weighted by Crippen LogP contribution is 2.27. The van der Waals surface area contributed by atoms with Crippen molar-refractivity contribution in [1.29, 1.82) is 0 Å². The van der Waals surface area contributed by atoms with Gasteiger partial charge in [-0.3, -0.25) is 9.29 Å². The van der Waals surface area contributed by atoms with Gasteiger partial charge in [-0.05, 0) is 67.9 Å². The predicted molar refractivity (Wildman–Crippen MR) is 118 cm³/mol. The quantitative estimate of drug-likeness (QED) is 0.600. The van der Waals surface area contributed by atoms with Crippen LogP contribution in [0, 0.1) is 0 Å². The molecule has 0 unspecified atom stereocenters. The SMILES string of the molecule is CC(C)N(c1ccc(NC(=O)NCc2ccncc2)cc1)S(=O)(=O)c1ccccc1. The van der Waals surface area contributed by atoms with Gasteiger partial charge in [0.25, 0.3) is 10.0 Å². The Morgan fingerprint density at radius 1 is 0.967 bits per heavy atom. The maximum Gasteiger partial charge on any atom is 0.319 e. The molecule has 8 heteroatoms. The third-order valence-electron chi connectivity index (χ3n) is 4.35. The fourth-order valence-corrected chi connectivity index (χ4v) is 4.65. The van der Waals surface area contributed by atoms with Gasteiger partial charge in [-0.2, -0.15) is 0 Å². The van der Waals surface area contributed by atoms with E-state index in [0.29, 0.717) is 17.9 Å². The molecule has 0 saturated heterocycles. The Labute approximate surface area is 176 Å². The monoisotopic (exact) mass is 424 g/mol. The first-order valence-corrected chi connectivity index (χ1v) is 11.0. The Balaban J connectivity index is 1.70. The van der Waals surface area contributed by atoms with Gasteiger partial charge in [0.2, 0.25) is 0 Å². The molecule has 0 radical (unpaired) electrons. The smallest absolute Gasteiger partial charge is 0.319 e. The molecule has 30 heavy (non-hydrogen) atoms. The number of urea groups is 1. The standard InChI is InChI=1S/C22H24N4O3S/c1-17(2)26(30(28,29)21-6-4-3-5-7-21)20-10-8-19(9-11-20)25-22(27)24-16-18-12-14-23-15-13-18/h3-15,17H,16H2,1-2H3,(H2,24,25,27). The summed E-state index contributed by atoms with van der Waals surface area (Å²) in [5.74, 6) is 0. The van der Waals surface area contributed by atoms with Gasteiger partial charge in [-0.15, -0.1) is 0 Å². The highest BCUT2D eigenvalue weighted by atomic mass is 32.2. The molecule has 0 saturated carbocycles. The minimum atomic E-state index is -3.70. The Kier molecular flexibility index (Phi) is 6.68. The lowest BCUT2D eigenvalue weighted by atomic mass is 10.2. The van der Waals surface area contributed by atoms with Crippen LogP contribution in [0.3, 0.4) is 0 Å². The van der Waals surface area contributed by atoms with Crippen molar-refractivity contribution >= 4 is 27.4 Å². The first kappa shape index (κ1) is 21.3. The number of nitrogens with one attached hydrogen (secondary N) is 2. The number of carbonyl (C=O) groups is 1. The molecule has 0 aliphatic rings. The maximum atomic E-state index is 13.1. The summed E-state index contributed by atoms with van der Waals surface area (Å²) in [5.41, 5.74) is 2.03. The molecule has 3 aromatic rings. The van der Waals surface area contributed by atoms with Crippen LogP contribution >= 0.6 is 0 Å². The van der Waals surface area contributed by atoms with E-state index in [9.17, 15) is 13.2 Å². The number of aromatic nitrogens is 1. The summed E-state index contributed by atoms with van der Waals surface area (Å²) in [7, 11) is -3.70. The van der Waals surface area contributed by atoms with Gasteiger partial charge in [0.05, 0.1) is 10.6 Å². The zero-order valence-corrected chi connectivity index (χ0v) is 17.6. The van der Waals surface area contributed by atoms with Crippen molar-refractivity contribution in [2.24, 2.45) is 0 Å². The third kappa shape index (κ3) is 5.15. The van der Waals surface area contributed by atoms with Crippen LogP contribution in [0.2, 0.25) is 0 Å². The zero-order valence-electron chi connectivity index (χ0n) is 16.8. The second kappa shape index (κ2) is 9.41. The molecule has 0 fully saturated rings. The number of sulfonamides is 1. The lowest BCUT2D eigenvalue weighted by Gasteiger charge is -2.28. The van der Waals surface area contributed by atoms with Gasteiger partial charge in [-0.25, -0.2) is 13.2 Å². The van der Waals surface area contributed by atoms with E-state index in [-0.39, 0.29) is 17.0 Å². The summed E-state index contributed by atoms with van der Waals surface area (Å²) in [5, 5.41) is 5.51. The zero-order chi connectivity index (χ0) is 21.6. The van der Waals surface area contributed by atoms with Gasteiger partial charge in [0.1, 0.15) is 0 Å². The predicted octanol–water partition coefficient (Wildman–Crippen LogP) is 4.01. The van der Waals surface area contributed by atoms with Crippen LogP contribution in [0.1, 0.15) is 19.4 Å². The maximum absolute atomic E-state index is 13.1. The molecule has 0 aliphatic heterocycles. The van der Waals surface area contributed by atoms with Gasteiger partial charge in [0.15, 0.2) is 0 Å². The van der Waals surface area contributed by atoms with Crippen molar-refractivity contribution < 1.29 is 13.2 Å². The van der Waals surface area contributed by atoms with Crippen LogP contribution in [-0.4, -0.2) is 25.5 Å². The molecule has 2 amide bonds. The van der Waals surface area contributed by atoms with E-state index in [0.717, 1.165) is 5.56 Å². The summed E-state index contributed by atoms with van der Waals surface area (Å²) in [4.78, 5) is 16.3. The molecular formula is C22H24N4O3S. The van der Waals surface area contributed by atoms with E-state index in [1.54, 1.807) is 67.0 Å². The number of nitrogens with zero attached hydrogens (tertiary/aromatic N) is 2. The third-order valence-corrected chi connectivity index (χ3v) is 6.37. The van der Waals surface area contributed by atoms with Crippen LogP contribution < -0.4 is 14.9 Å². The lowest BCUT2D eigenvalue weighted by molar-refractivity contribution is 0.251. The van der Waals surface area contributed by atoms with E-state index < -0.39 is 10.0 Å². The first-order chi connectivity index (χ1) is 14.4. The van der Waals surface area contributed by atoms with Gasteiger partial charge in [0, 0.05) is 30.7 Å². The molecule has 2 aromatic carbocycles. The van der Waals surface area contributed by atoms with Gasteiger partial charge < -0.3 is 10.6 Å². The summed E-state index contributed by atoms with van der Waals surface area (Å²) in [6.07, 6.45) is 3.33. The second-order valence-corrected chi connectivity index (χ2v) is 8.73. The molecule has 0 bridgehead atoms. The molecule has 1 aromatic heterocycles. The summed E-state index contributed by atoms with van der Waals surface area (Å²) < 4.78 is 27.6. The number of carbonyl (C=O) groups excluding carboxylic acids is 1. The highest BCUT2D eigenvalue weighted by Gasteiger charge is 2.27. The number of rotatable bonds is 7. The van der Waals surface area contributed by atoms with E-state index in [1.807, 2.05) is 26.0 Å². The average Bonchev–Trinajstić information content (AvgIpc) is 2.74. The van der Waals surface area contributed by atoms with E-state index in [2.05, 4.69) is 15.6 Å². The van der Waals surface area contributed by atoms with E-state index in [1.165, 1.54) is 4.31 Å². The van der Waals surface area contributed by atoms with Crippen molar-refractivity contribution in [3.8, 4) is 0 Å². The number of amides is 2. The van der Waals surface area contributed by atoms with Crippen LogP contribution in [0.5, 0.6) is 0 Å². The number of benzene rings is 2. The first-order valence-electron chi connectivity index (χ1n) is 9.51. The summed E-state index contributed by atoms with van der Waals surface area (Å²) >= 11 is 0. The molecule has 1 heterocycles. The molecular weight excluding hydrogens is 400 g/mol. The fraction of sp³-hybridized carbons (Fsp3) is 0.182. The normalized spacial score (nSPS) is 11.2. The Morgan fingerprint density at radius 3 is 2.20 bits per heavy atom. The lowest BCUT2D eigenvalue weighted by Crippen LogP contribution is -2.37. The number of hydrogen-bond donors (Lipinski definition) is 2. The highest BCUT2D eigenvalue weighted by molar-refractivity contribution is 7.92. The van der Waals surface area contributed by atoms with Crippen LogP contribution in [0.15, 0.2) is 84.0 Å². The van der Waals surface area contributed by atoms with Crippen molar-refractivity contribution in [3.63, 3.8) is 0 Å². The molecule has 2 N–H and O–H groups in total. The number of anilines is 2. The topological polar surface area (TPSA) is 91.4 Å². The van der Waals surface area contributed by atoms with Crippen LogP contribution in [0.4, 0.5) is 16.2 Å². The van der Waals surface area contributed by atoms with Crippen LogP contribution in [-0.2, 0) is 16.6 Å². The van der Waals surface area contributed by atoms with Gasteiger partial charge in [-0.1, -0.05) is 18.2 Å². The van der Waals surface area contributed by atoms with E-state index in [4.69, 9.17) is 0 Å². The minimum Gasteiger partial charge on any atom is -0.334 e.